The van der Waals surface area contributed by atoms with Gasteiger partial charge in [-0.2, -0.15) is 5.26 Å². The lowest BCUT2D eigenvalue weighted by Gasteiger charge is -2.11. The van der Waals surface area contributed by atoms with Crippen molar-refractivity contribution in [3.8, 4) is 6.07 Å². The van der Waals surface area contributed by atoms with Crippen LogP contribution in [0.2, 0.25) is 0 Å². The number of nitrogens with zero attached hydrogens (tertiary/aromatic N) is 3. The average Bonchev–Trinajstić information content (AvgIpc) is 2.60. The Morgan fingerprint density at radius 2 is 1.83 bits per heavy atom. The van der Waals surface area contributed by atoms with Gasteiger partial charge in [-0.1, -0.05) is 30.3 Å². The number of aromatic nitrogens is 2. The lowest BCUT2D eigenvalue weighted by Crippen LogP contribution is -2.30. The van der Waals surface area contributed by atoms with Crippen LogP contribution in [-0.4, -0.2) is 17.4 Å². The van der Waals surface area contributed by atoms with E-state index in [2.05, 4.69) is 16.4 Å². The number of hydrogen-bond donors (Lipinski definition) is 1. The quantitative estimate of drug-likeness (QED) is 0.734. The highest BCUT2D eigenvalue weighted by Gasteiger charge is 2.08. The highest BCUT2D eigenvalue weighted by molar-refractivity contribution is 6.30. The first-order valence-corrected chi connectivity index (χ1v) is 7.55. The van der Waals surface area contributed by atoms with Crippen LogP contribution in [0.1, 0.15) is 11.1 Å². The zero-order valence-corrected chi connectivity index (χ0v) is 13.2. The van der Waals surface area contributed by atoms with Gasteiger partial charge in [0.25, 0.3) is 5.56 Å². The van der Waals surface area contributed by atoms with Gasteiger partial charge in [-0.15, -0.1) is 0 Å². The third kappa shape index (κ3) is 3.53. The number of nitriles is 1. The molecule has 0 saturated carbocycles. The highest BCUT2D eigenvalue weighted by atomic mass is 16.1. The zero-order valence-electron chi connectivity index (χ0n) is 13.2. The molecule has 0 aliphatic rings. The predicted molar refractivity (Wildman–Crippen MR) is 96.7 cm³/mol. The van der Waals surface area contributed by atoms with Gasteiger partial charge in [0, 0.05) is 17.5 Å². The molecule has 0 bridgehead atoms. The Hall–Kier alpha value is -3.33. The molecule has 2 aromatic carbocycles. The molecule has 24 heavy (non-hydrogen) atoms. The summed E-state index contributed by atoms with van der Waals surface area (Å²) >= 11 is 0. The van der Waals surface area contributed by atoms with Crippen molar-refractivity contribution in [2.45, 2.75) is 6.54 Å². The smallest absolute Gasteiger partial charge is 0.293 e. The summed E-state index contributed by atoms with van der Waals surface area (Å²) < 4.78 is 1.64. The van der Waals surface area contributed by atoms with Crippen LogP contribution in [0.3, 0.4) is 0 Å². The van der Waals surface area contributed by atoms with Crippen molar-refractivity contribution in [2.24, 2.45) is 0 Å². The fourth-order valence-corrected chi connectivity index (χ4v) is 2.42. The second-order valence-corrected chi connectivity index (χ2v) is 5.46. The van der Waals surface area contributed by atoms with Crippen LogP contribution >= 0.6 is 0 Å². The summed E-state index contributed by atoms with van der Waals surface area (Å²) in [6.45, 7) is 0.491. The van der Waals surface area contributed by atoms with Gasteiger partial charge in [0.2, 0.25) is 0 Å². The van der Waals surface area contributed by atoms with Crippen LogP contribution in [0.25, 0.3) is 0 Å². The molecule has 3 aromatic rings. The maximum atomic E-state index is 12.6. The van der Waals surface area contributed by atoms with E-state index in [1.165, 1.54) is 0 Å². The fourth-order valence-electron chi connectivity index (χ4n) is 2.42. The van der Waals surface area contributed by atoms with Crippen LogP contribution in [-0.2, 0) is 6.54 Å². The first-order valence-electron chi connectivity index (χ1n) is 7.55. The van der Waals surface area contributed by atoms with Crippen molar-refractivity contribution in [1.82, 2.24) is 9.55 Å². The molecule has 1 aromatic heterocycles. The number of hydrogen-bond acceptors (Lipinski definition) is 4. The SMILES string of the molecule is Bc1cn(Cc2ccccc2)c(=O)c(Nc2ccc(C#N)cc2)n1. The van der Waals surface area contributed by atoms with Gasteiger partial charge in [-0.25, -0.2) is 4.98 Å². The van der Waals surface area contributed by atoms with Gasteiger partial charge < -0.3 is 9.88 Å². The second kappa shape index (κ2) is 6.84. The van der Waals surface area contributed by atoms with E-state index in [0.29, 0.717) is 12.1 Å². The molecule has 0 aliphatic carbocycles. The lowest BCUT2D eigenvalue weighted by atomic mass is 10.1. The maximum absolute atomic E-state index is 12.6. The topological polar surface area (TPSA) is 70.7 Å². The lowest BCUT2D eigenvalue weighted by molar-refractivity contribution is 0.757. The Morgan fingerprint density at radius 3 is 2.50 bits per heavy atom. The van der Waals surface area contributed by atoms with Crippen LogP contribution < -0.4 is 16.5 Å². The normalized spacial score (nSPS) is 10.1. The molecule has 0 radical (unpaired) electrons. The van der Waals surface area contributed by atoms with E-state index < -0.39 is 0 Å². The molecule has 0 saturated heterocycles. The molecule has 0 spiro atoms. The minimum Gasteiger partial charge on any atom is -0.336 e. The largest absolute Gasteiger partial charge is 0.336 e. The summed E-state index contributed by atoms with van der Waals surface area (Å²) in [7, 11) is 1.85. The average molecular weight is 314 g/mol. The summed E-state index contributed by atoms with van der Waals surface area (Å²) in [5.74, 6) is 0.274. The van der Waals surface area contributed by atoms with E-state index in [1.807, 2.05) is 38.2 Å². The summed E-state index contributed by atoms with van der Waals surface area (Å²) in [5, 5.41) is 11.9. The van der Waals surface area contributed by atoms with E-state index in [0.717, 1.165) is 16.8 Å². The molecular weight excluding hydrogens is 299 g/mol. The zero-order chi connectivity index (χ0) is 16.9. The molecule has 1 heterocycles. The van der Waals surface area contributed by atoms with Crippen molar-refractivity contribution in [2.75, 3.05) is 5.32 Å². The molecule has 0 amide bonds. The van der Waals surface area contributed by atoms with Crippen molar-refractivity contribution >= 4 is 24.9 Å². The Balaban J connectivity index is 1.91. The van der Waals surface area contributed by atoms with Gasteiger partial charge in [0.1, 0.15) is 0 Å². The van der Waals surface area contributed by atoms with Crippen LogP contribution in [0.15, 0.2) is 65.6 Å². The number of anilines is 2. The minimum atomic E-state index is -0.186. The number of nitrogens with one attached hydrogen (secondary N) is 1. The molecule has 116 valence electrons. The molecule has 6 heteroatoms. The number of benzene rings is 2. The van der Waals surface area contributed by atoms with Crippen molar-refractivity contribution in [1.29, 1.82) is 5.26 Å². The Labute approximate surface area is 140 Å². The molecule has 0 fully saturated rings. The molecule has 3 rings (SSSR count). The number of rotatable bonds is 4. The molecule has 1 N–H and O–H groups in total. The Morgan fingerprint density at radius 1 is 1.12 bits per heavy atom. The van der Waals surface area contributed by atoms with Gasteiger partial charge in [0.05, 0.1) is 18.2 Å². The first kappa shape index (κ1) is 15.6. The van der Waals surface area contributed by atoms with E-state index in [1.54, 1.807) is 35.0 Å². The standard InChI is InChI=1S/C18H15BN4O/c19-16-12-23(11-14-4-2-1-3-5-14)18(24)17(22-16)21-15-8-6-13(10-20)7-9-15/h1-9,12H,11,19H2,(H,21,22). The van der Waals surface area contributed by atoms with Gasteiger partial charge in [-0.05, 0) is 29.8 Å². The van der Waals surface area contributed by atoms with Crippen molar-refractivity contribution < 1.29 is 0 Å². The summed E-state index contributed by atoms with van der Waals surface area (Å²) in [6.07, 6.45) is 1.75. The third-order valence-corrected chi connectivity index (χ3v) is 3.57. The van der Waals surface area contributed by atoms with E-state index in [9.17, 15) is 4.79 Å². The summed E-state index contributed by atoms with van der Waals surface area (Å²) in [4.78, 5) is 16.9. The van der Waals surface area contributed by atoms with E-state index >= 15 is 0 Å². The van der Waals surface area contributed by atoms with Crippen LogP contribution in [0, 0.1) is 11.3 Å². The van der Waals surface area contributed by atoms with Gasteiger partial charge in [0.15, 0.2) is 13.7 Å². The summed E-state index contributed by atoms with van der Waals surface area (Å²) in [5.41, 5.74) is 2.90. The third-order valence-electron chi connectivity index (χ3n) is 3.57. The van der Waals surface area contributed by atoms with Crippen LogP contribution in [0.5, 0.6) is 0 Å². The monoisotopic (exact) mass is 314 g/mol. The van der Waals surface area contributed by atoms with E-state index in [-0.39, 0.29) is 11.4 Å². The molecule has 5 nitrogen and oxygen atoms in total. The fraction of sp³-hybridized carbons (Fsp3) is 0.0556. The maximum Gasteiger partial charge on any atom is 0.293 e. The molecule has 0 unspecified atom stereocenters. The van der Waals surface area contributed by atoms with Gasteiger partial charge in [-0.3, -0.25) is 4.79 Å². The van der Waals surface area contributed by atoms with Gasteiger partial charge >= 0.3 is 0 Å². The summed E-state index contributed by atoms with van der Waals surface area (Å²) in [6, 6.07) is 18.8. The molecule has 0 atom stereocenters. The molecule has 0 aliphatic heterocycles. The molecular formula is C18H15BN4O. The Bertz CT molecular complexity index is 943. The van der Waals surface area contributed by atoms with E-state index in [4.69, 9.17) is 5.26 Å². The first-order chi connectivity index (χ1) is 11.7. The highest BCUT2D eigenvalue weighted by Crippen LogP contribution is 2.12. The van der Waals surface area contributed by atoms with Crippen molar-refractivity contribution in [3.63, 3.8) is 0 Å². The predicted octanol–water partition coefficient (Wildman–Crippen LogP) is 1.17. The Kier molecular flexibility index (Phi) is 4.44. The second-order valence-electron chi connectivity index (χ2n) is 5.46. The van der Waals surface area contributed by atoms with Crippen molar-refractivity contribution in [3.05, 3.63) is 82.3 Å². The minimum absolute atomic E-state index is 0.186. The van der Waals surface area contributed by atoms with Crippen LogP contribution in [0.4, 0.5) is 11.5 Å².